The zero-order valence-electron chi connectivity index (χ0n) is 26.8. The van der Waals surface area contributed by atoms with Crippen LogP contribution in [0.4, 0.5) is 0 Å². The van der Waals surface area contributed by atoms with Gasteiger partial charge in [-0.15, -0.1) is 10.2 Å². The fourth-order valence-electron chi connectivity index (χ4n) is 11.6. The molecule has 2 heterocycles. The first-order valence-corrected chi connectivity index (χ1v) is 16.4. The average Bonchev–Trinajstić information content (AvgIpc) is 3.47. The van der Waals surface area contributed by atoms with E-state index in [0.717, 1.165) is 38.5 Å². The van der Waals surface area contributed by atoms with Gasteiger partial charge in [-0.2, -0.15) is 4.80 Å². The molecule has 1 aromatic heterocycles. The van der Waals surface area contributed by atoms with Crippen LogP contribution in [0.15, 0.2) is 18.0 Å². The lowest BCUT2D eigenvalue weighted by Gasteiger charge is -2.71. The predicted octanol–water partition coefficient (Wildman–Crippen LogP) is 5.15. The van der Waals surface area contributed by atoms with Gasteiger partial charge in [-0.1, -0.05) is 60.1 Å². The number of hydrogen-bond donors (Lipinski definition) is 2. The van der Waals surface area contributed by atoms with E-state index in [0.29, 0.717) is 50.0 Å². The highest BCUT2D eigenvalue weighted by molar-refractivity contribution is 5.73. The molecule has 3 N–H and O–H groups in total. The molecular formula is C33H53N5O4. The van der Waals surface area contributed by atoms with Crippen molar-refractivity contribution in [1.29, 1.82) is 0 Å². The van der Waals surface area contributed by atoms with Crippen molar-refractivity contribution in [2.24, 2.45) is 62.4 Å². The highest BCUT2D eigenvalue weighted by Crippen LogP contribution is 2.75. The predicted molar refractivity (Wildman–Crippen MR) is 159 cm³/mol. The standard InChI is InChI=1S/C33H53N5O4/c1-20(2)21(3)29(4)12-13-31(6)22-8-9-25-30(5)17-41-18-33(25,23(22)10-11-32(31,7)26(29)28(39)40)16-24(27(30)42-15-14-34)38-36-19-35-37-38/h10,19-22,24-27H,8-9,11-18,34H2,1-7H3,(H,39,40)/t21-,22+,24-,25+,26-,27+,29-,30?,31-,32+,33+/m1/s1. The topological polar surface area (TPSA) is 125 Å². The Labute approximate surface area is 251 Å². The molecule has 3 saturated carbocycles. The van der Waals surface area contributed by atoms with Crippen molar-refractivity contribution in [3.05, 3.63) is 18.0 Å². The molecule has 234 valence electrons. The molecule has 0 radical (unpaired) electrons. The smallest absolute Gasteiger partial charge is 0.307 e. The summed E-state index contributed by atoms with van der Waals surface area (Å²) in [5.74, 6) is 0.476. The maximum absolute atomic E-state index is 13.3. The zero-order chi connectivity index (χ0) is 30.3. The fraction of sp³-hybridized carbons (Fsp3) is 0.879. The second-order valence-corrected chi connectivity index (χ2v) is 16.0. The van der Waals surface area contributed by atoms with Crippen molar-refractivity contribution in [2.75, 3.05) is 26.4 Å². The summed E-state index contributed by atoms with van der Waals surface area (Å²) in [5.41, 5.74) is 6.35. The molecule has 0 aromatic carbocycles. The van der Waals surface area contributed by atoms with Gasteiger partial charge in [-0.05, 0) is 83.7 Å². The number of aromatic nitrogens is 4. The normalized spacial score (nSPS) is 47.2. The number of carboxylic acids is 1. The number of nitrogens with two attached hydrogens (primary N) is 1. The van der Waals surface area contributed by atoms with E-state index in [1.165, 1.54) is 11.9 Å². The third kappa shape index (κ3) is 3.84. The lowest BCUT2D eigenvalue weighted by Crippen LogP contribution is -2.69. The molecule has 2 bridgehead atoms. The Morgan fingerprint density at radius 2 is 1.93 bits per heavy atom. The summed E-state index contributed by atoms with van der Waals surface area (Å²) in [6.07, 6.45) is 9.67. The van der Waals surface area contributed by atoms with E-state index in [2.05, 4.69) is 70.0 Å². The molecule has 9 nitrogen and oxygen atoms in total. The largest absolute Gasteiger partial charge is 0.481 e. The molecule has 5 aliphatic rings. The van der Waals surface area contributed by atoms with Crippen LogP contribution in [0.25, 0.3) is 0 Å². The first-order chi connectivity index (χ1) is 19.8. The number of tetrazole rings is 1. The van der Waals surface area contributed by atoms with Crippen LogP contribution in [0.1, 0.15) is 93.0 Å². The number of rotatable bonds is 7. The van der Waals surface area contributed by atoms with Gasteiger partial charge in [0.2, 0.25) is 0 Å². The first-order valence-electron chi connectivity index (χ1n) is 16.4. The summed E-state index contributed by atoms with van der Waals surface area (Å²) >= 11 is 0. The van der Waals surface area contributed by atoms with Crippen LogP contribution in [0, 0.1) is 56.7 Å². The van der Waals surface area contributed by atoms with Crippen LogP contribution in [0.5, 0.6) is 0 Å². The van der Waals surface area contributed by atoms with Gasteiger partial charge in [0.1, 0.15) is 6.04 Å². The molecule has 6 rings (SSSR count). The first kappa shape index (κ1) is 30.2. The number of nitrogens with zero attached hydrogens (tertiary/aromatic N) is 4. The number of allylic oxidation sites excluding steroid dienone is 1. The molecule has 0 amide bonds. The molecule has 0 spiro atoms. The van der Waals surface area contributed by atoms with Gasteiger partial charge in [0.25, 0.3) is 0 Å². The van der Waals surface area contributed by atoms with Crippen LogP contribution in [-0.4, -0.2) is 63.8 Å². The Kier molecular flexibility index (Phi) is 7.26. The Balaban J connectivity index is 1.46. The van der Waals surface area contributed by atoms with Crippen molar-refractivity contribution in [3.8, 4) is 0 Å². The summed E-state index contributed by atoms with van der Waals surface area (Å²) < 4.78 is 13.1. The molecule has 9 heteroatoms. The van der Waals surface area contributed by atoms with Crippen molar-refractivity contribution in [1.82, 2.24) is 20.2 Å². The number of fused-ring (bicyclic) bond motifs is 3. The van der Waals surface area contributed by atoms with E-state index < -0.39 is 11.9 Å². The third-order valence-electron chi connectivity index (χ3n) is 14.2. The van der Waals surface area contributed by atoms with Gasteiger partial charge in [0, 0.05) is 17.4 Å². The number of hydrogen-bond acceptors (Lipinski definition) is 7. The van der Waals surface area contributed by atoms with E-state index in [4.69, 9.17) is 15.2 Å². The molecule has 4 aliphatic carbocycles. The number of aliphatic carboxylic acids is 1. The molecule has 1 unspecified atom stereocenters. The second-order valence-electron chi connectivity index (χ2n) is 16.0. The van der Waals surface area contributed by atoms with Gasteiger partial charge in [-0.25, -0.2) is 0 Å². The number of carbonyl (C=O) groups is 1. The van der Waals surface area contributed by atoms with E-state index in [1.807, 2.05) is 0 Å². The SMILES string of the molecule is CC(C)[C@@H](C)[C@@]1(C)CC[C@]2(C)[C@H]3CC[C@H]4C5(C)COC[C@@]4(C[C@@H](n4ncnn4)[C@@H]5OCCN)C3=CC[C@@]2(C)[C@@H]1C(=O)O. The summed E-state index contributed by atoms with van der Waals surface area (Å²) in [7, 11) is 0. The van der Waals surface area contributed by atoms with E-state index in [9.17, 15) is 9.90 Å². The molecule has 4 fully saturated rings. The van der Waals surface area contributed by atoms with E-state index in [-0.39, 0.29) is 39.2 Å². The van der Waals surface area contributed by atoms with Crippen molar-refractivity contribution in [3.63, 3.8) is 0 Å². The number of ether oxygens (including phenoxy) is 2. The molecule has 1 aliphatic heterocycles. The second kappa shape index (κ2) is 10.1. The Morgan fingerprint density at radius 3 is 2.57 bits per heavy atom. The summed E-state index contributed by atoms with van der Waals surface area (Å²) in [6, 6.07) is -0.0710. The van der Waals surface area contributed by atoms with Gasteiger partial charge in [0.05, 0.1) is 31.8 Å². The average molecular weight is 584 g/mol. The summed E-state index contributed by atoms with van der Waals surface area (Å²) in [5, 5.41) is 23.9. The summed E-state index contributed by atoms with van der Waals surface area (Å²) in [6.45, 7) is 18.4. The van der Waals surface area contributed by atoms with Crippen molar-refractivity contribution in [2.45, 2.75) is 99.1 Å². The summed E-state index contributed by atoms with van der Waals surface area (Å²) in [4.78, 5) is 15.1. The third-order valence-corrected chi connectivity index (χ3v) is 14.2. The highest BCUT2D eigenvalue weighted by atomic mass is 16.5. The molecule has 1 saturated heterocycles. The maximum Gasteiger partial charge on any atom is 0.307 e. The lowest BCUT2D eigenvalue weighted by molar-refractivity contribution is -0.251. The Hall–Kier alpha value is -1.84. The van der Waals surface area contributed by atoms with E-state index in [1.54, 1.807) is 4.80 Å². The van der Waals surface area contributed by atoms with Crippen molar-refractivity contribution < 1.29 is 19.4 Å². The molecule has 11 atom stereocenters. The minimum Gasteiger partial charge on any atom is -0.481 e. The van der Waals surface area contributed by atoms with Gasteiger partial charge in [-0.3, -0.25) is 4.79 Å². The molecule has 42 heavy (non-hydrogen) atoms. The zero-order valence-corrected chi connectivity index (χ0v) is 26.8. The van der Waals surface area contributed by atoms with Gasteiger partial charge >= 0.3 is 5.97 Å². The monoisotopic (exact) mass is 583 g/mol. The van der Waals surface area contributed by atoms with Crippen LogP contribution >= 0.6 is 0 Å². The number of carboxylic acid groups (broad SMARTS) is 1. The van der Waals surface area contributed by atoms with Crippen LogP contribution in [0.3, 0.4) is 0 Å². The lowest BCUT2D eigenvalue weighted by atomic mass is 9.34. The van der Waals surface area contributed by atoms with Crippen LogP contribution in [-0.2, 0) is 14.3 Å². The molecule has 1 aromatic rings. The van der Waals surface area contributed by atoms with E-state index >= 15 is 0 Å². The Morgan fingerprint density at radius 1 is 1.17 bits per heavy atom. The fourth-order valence-corrected chi connectivity index (χ4v) is 11.6. The minimum absolute atomic E-state index is 0.0710. The van der Waals surface area contributed by atoms with Gasteiger partial charge in [0.15, 0.2) is 6.33 Å². The van der Waals surface area contributed by atoms with Crippen LogP contribution in [0.2, 0.25) is 0 Å². The highest BCUT2D eigenvalue weighted by Gasteiger charge is 2.72. The maximum atomic E-state index is 13.3. The quantitative estimate of drug-likeness (QED) is 0.423. The molecular weight excluding hydrogens is 530 g/mol. The van der Waals surface area contributed by atoms with Crippen molar-refractivity contribution >= 4 is 5.97 Å². The van der Waals surface area contributed by atoms with Gasteiger partial charge < -0.3 is 20.3 Å². The minimum atomic E-state index is -0.620. The van der Waals surface area contributed by atoms with Crippen LogP contribution < -0.4 is 5.73 Å². The Bertz CT molecular complexity index is 1220.